The molecule has 0 aliphatic carbocycles. The van der Waals surface area contributed by atoms with Crippen LogP contribution in [0.3, 0.4) is 0 Å². The summed E-state index contributed by atoms with van der Waals surface area (Å²) < 4.78 is 27.7. The number of hydrogen-bond acceptors (Lipinski definition) is 4. The fourth-order valence-electron chi connectivity index (χ4n) is 3.34. The number of H-pyrrole nitrogens is 1. The number of nitrogens with one attached hydrogen (secondary N) is 2. The van der Waals surface area contributed by atoms with E-state index in [0.717, 1.165) is 31.6 Å². The number of sulfonamides is 1. The van der Waals surface area contributed by atoms with E-state index in [1.54, 1.807) is 6.07 Å². The van der Waals surface area contributed by atoms with Gasteiger partial charge in [0, 0.05) is 37.1 Å². The molecule has 2 fully saturated rings. The van der Waals surface area contributed by atoms with Crippen molar-refractivity contribution in [2.24, 2.45) is 5.73 Å². The van der Waals surface area contributed by atoms with Crippen molar-refractivity contribution in [2.45, 2.75) is 49.2 Å². The SMILES string of the molecule is NCc1cc(S(=O)(=O)NC2CCN3CCCCC23)c[nH]1. The Balaban J connectivity index is 1.73. The quantitative estimate of drug-likeness (QED) is 0.749. The molecule has 0 spiro atoms. The third-order valence-electron chi connectivity index (χ3n) is 4.41. The van der Waals surface area contributed by atoms with E-state index in [0.29, 0.717) is 12.6 Å². The first-order chi connectivity index (χ1) is 9.60. The lowest BCUT2D eigenvalue weighted by molar-refractivity contribution is 0.186. The Labute approximate surface area is 119 Å². The lowest BCUT2D eigenvalue weighted by Gasteiger charge is -2.32. The summed E-state index contributed by atoms with van der Waals surface area (Å²) in [6.45, 7) is 2.42. The molecule has 3 rings (SSSR count). The normalized spacial score (nSPS) is 27.6. The van der Waals surface area contributed by atoms with Crippen molar-refractivity contribution in [3.63, 3.8) is 0 Å². The topological polar surface area (TPSA) is 91.2 Å². The Morgan fingerprint density at radius 2 is 2.20 bits per heavy atom. The third-order valence-corrected chi connectivity index (χ3v) is 5.88. The van der Waals surface area contributed by atoms with Crippen molar-refractivity contribution in [3.8, 4) is 0 Å². The molecule has 4 N–H and O–H groups in total. The molecule has 3 heterocycles. The van der Waals surface area contributed by atoms with Crippen molar-refractivity contribution in [2.75, 3.05) is 13.1 Å². The first-order valence-electron chi connectivity index (χ1n) is 7.24. The molecule has 2 saturated heterocycles. The second-order valence-electron chi connectivity index (χ2n) is 5.68. The van der Waals surface area contributed by atoms with Gasteiger partial charge in [-0.3, -0.25) is 4.90 Å². The molecule has 2 atom stereocenters. The molecular formula is C13H22N4O2S. The van der Waals surface area contributed by atoms with Crippen LogP contribution in [-0.2, 0) is 16.6 Å². The number of piperidine rings is 1. The number of nitrogens with zero attached hydrogens (tertiary/aromatic N) is 1. The van der Waals surface area contributed by atoms with Gasteiger partial charge in [-0.15, -0.1) is 0 Å². The van der Waals surface area contributed by atoms with Crippen LogP contribution >= 0.6 is 0 Å². The number of aromatic amines is 1. The van der Waals surface area contributed by atoms with Gasteiger partial charge in [0.15, 0.2) is 0 Å². The Hall–Kier alpha value is -0.890. The van der Waals surface area contributed by atoms with Crippen molar-refractivity contribution < 1.29 is 8.42 Å². The Morgan fingerprint density at radius 1 is 1.35 bits per heavy atom. The van der Waals surface area contributed by atoms with Gasteiger partial charge in [-0.2, -0.15) is 0 Å². The van der Waals surface area contributed by atoms with Gasteiger partial charge in [0.05, 0.1) is 4.90 Å². The Morgan fingerprint density at radius 3 is 2.95 bits per heavy atom. The first kappa shape index (κ1) is 14.1. The van der Waals surface area contributed by atoms with Gasteiger partial charge in [0.25, 0.3) is 0 Å². The predicted octanol–water partition coefficient (Wildman–Crippen LogP) is 0.378. The van der Waals surface area contributed by atoms with Crippen molar-refractivity contribution in [1.82, 2.24) is 14.6 Å². The van der Waals surface area contributed by atoms with Crippen LogP contribution in [0, 0.1) is 0 Å². The minimum atomic E-state index is -3.45. The standard InChI is InChI=1S/C13H22N4O2S/c14-8-10-7-11(9-15-10)20(18,19)16-12-4-6-17-5-2-1-3-13(12)17/h7,9,12-13,15-16H,1-6,8,14H2. The van der Waals surface area contributed by atoms with Crippen LogP contribution in [0.5, 0.6) is 0 Å². The molecule has 0 bridgehead atoms. The third kappa shape index (κ3) is 2.63. The minimum absolute atomic E-state index is 0.0385. The largest absolute Gasteiger partial charge is 0.363 e. The van der Waals surface area contributed by atoms with Crippen LogP contribution in [0.2, 0.25) is 0 Å². The fraction of sp³-hybridized carbons (Fsp3) is 0.692. The van der Waals surface area contributed by atoms with Gasteiger partial charge >= 0.3 is 0 Å². The van der Waals surface area contributed by atoms with E-state index in [1.165, 1.54) is 19.0 Å². The molecule has 2 aliphatic rings. The maximum absolute atomic E-state index is 12.4. The average molecular weight is 298 g/mol. The van der Waals surface area contributed by atoms with Crippen LogP contribution < -0.4 is 10.5 Å². The Bertz CT molecular complexity index is 569. The van der Waals surface area contributed by atoms with Crippen LogP contribution in [0.1, 0.15) is 31.4 Å². The van der Waals surface area contributed by atoms with Crippen molar-refractivity contribution in [1.29, 1.82) is 0 Å². The summed E-state index contributed by atoms with van der Waals surface area (Å²) >= 11 is 0. The molecule has 1 aromatic heterocycles. The van der Waals surface area contributed by atoms with Gasteiger partial charge in [0.2, 0.25) is 10.0 Å². The van der Waals surface area contributed by atoms with Gasteiger partial charge in [-0.25, -0.2) is 13.1 Å². The maximum Gasteiger partial charge on any atom is 0.242 e. The molecule has 0 radical (unpaired) electrons. The van der Waals surface area contributed by atoms with Crippen LogP contribution in [-0.4, -0.2) is 43.5 Å². The number of rotatable bonds is 4. The molecular weight excluding hydrogens is 276 g/mol. The monoisotopic (exact) mass is 298 g/mol. The summed E-state index contributed by atoms with van der Waals surface area (Å²) in [7, 11) is -3.45. The maximum atomic E-state index is 12.4. The van der Waals surface area contributed by atoms with E-state index < -0.39 is 10.0 Å². The van der Waals surface area contributed by atoms with Crippen LogP contribution in [0.4, 0.5) is 0 Å². The van der Waals surface area contributed by atoms with Crippen molar-refractivity contribution >= 4 is 10.0 Å². The van der Waals surface area contributed by atoms with Crippen molar-refractivity contribution in [3.05, 3.63) is 18.0 Å². The summed E-state index contributed by atoms with van der Waals surface area (Å²) in [5.74, 6) is 0. The summed E-state index contributed by atoms with van der Waals surface area (Å²) in [4.78, 5) is 5.59. The van der Waals surface area contributed by atoms with Crippen LogP contribution in [0.15, 0.2) is 17.2 Å². The lowest BCUT2D eigenvalue weighted by Crippen LogP contribution is -2.46. The van der Waals surface area contributed by atoms with Gasteiger partial charge < -0.3 is 10.7 Å². The summed E-state index contributed by atoms with van der Waals surface area (Å²) in [6, 6.07) is 2.01. The number of nitrogens with two attached hydrogens (primary N) is 1. The molecule has 0 saturated carbocycles. The van der Waals surface area contributed by atoms with Crippen LogP contribution in [0.25, 0.3) is 0 Å². The molecule has 1 aromatic rings. The first-order valence-corrected chi connectivity index (χ1v) is 8.72. The number of hydrogen-bond donors (Lipinski definition) is 3. The Kier molecular flexibility index (Phi) is 3.85. The van der Waals surface area contributed by atoms with Gasteiger partial charge in [-0.05, 0) is 31.9 Å². The summed E-state index contributed by atoms with van der Waals surface area (Å²) in [5, 5.41) is 0. The van der Waals surface area contributed by atoms with E-state index in [9.17, 15) is 8.42 Å². The van der Waals surface area contributed by atoms with E-state index in [-0.39, 0.29) is 10.9 Å². The average Bonchev–Trinajstić information content (AvgIpc) is 3.06. The number of aromatic nitrogens is 1. The number of fused-ring (bicyclic) bond motifs is 1. The van der Waals surface area contributed by atoms with E-state index in [2.05, 4.69) is 14.6 Å². The molecule has 7 heteroatoms. The second-order valence-corrected chi connectivity index (χ2v) is 7.39. The smallest absolute Gasteiger partial charge is 0.242 e. The van der Waals surface area contributed by atoms with E-state index in [4.69, 9.17) is 5.73 Å². The predicted molar refractivity (Wildman–Crippen MR) is 76.6 cm³/mol. The molecule has 0 amide bonds. The highest BCUT2D eigenvalue weighted by molar-refractivity contribution is 7.89. The van der Waals surface area contributed by atoms with E-state index in [1.807, 2.05) is 0 Å². The van der Waals surface area contributed by atoms with Gasteiger partial charge in [0.1, 0.15) is 0 Å². The molecule has 20 heavy (non-hydrogen) atoms. The highest BCUT2D eigenvalue weighted by Gasteiger charge is 2.37. The molecule has 2 unspecified atom stereocenters. The molecule has 0 aromatic carbocycles. The zero-order valence-electron chi connectivity index (χ0n) is 11.5. The highest BCUT2D eigenvalue weighted by atomic mass is 32.2. The fourth-order valence-corrected chi connectivity index (χ4v) is 4.67. The summed E-state index contributed by atoms with van der Waals surface area (Å²) in [5.41, 5.74) is 6.24. The zero-order valence-corrected chi connectivity index (χ0v) is 12.3. The minimum Gasteiger partial charge on any atom is -0.363 e. The molecule has 112 valence electrons. The van der Waals surface area contributed by atoms with Gasteiger partial charge in [-0.1, -0.05) is 6.42 Å². The van der Waals surface area contributed by atoms with E-state index >= 15 is 0 Å². The highest BCUT2D eigenvalue weighted by Crippen LogP contribution is 2.28. The molecule has 6 nitrogen and oxygen atoms in total. The second kappa shape index (κ2) is 5.48. The zero-order chi connectivity index (χ0) is 14.2. The molecule has 2 aliphatic heterocycles. The lowest BCUT2D eigenvalue weighted by atomic mass is 10.00. The summed E-state index contributed by atoms with van der Waals surface area (Å²) in [6.07, 6.45) is 5.93.